The number of nitrogens with one attached hydrogen (secondary N) is 1. The van der Waals surface area contributed by atoms with E-state index in [0.717, 1.165) is 54.3 Å². The fraction of sp³-hybridized carbons (Fsp3) is 0.261. The zero-order chi connectivity index (χ0) is 21.1. The number of nitrogens with zero attached hydrogens (tertiary/aromatic N) is 3. The van der Waals surface area contributed by atoms with E-state index in [1.165, 1.54) is 18.5 Å². The Hall–Kier alpha value is -2.99. The molecule has 1 saturated heterocycles. The van der Waals surface area contributed by atoms with Gasteiger partial charge in [-0.1, -0.05) is 17.7 Å². The maximum atomic E-state index is 13.2. The van der Waals surface area contributed by atoms with E-state index in [0.29, 0.717) is 5.02 Å². The first-order valence-corrected chi connectivity index (χ1v) is 10.3. The molecule has 5 nitrogen and oxygen atoms in total. The van der Waals surface area contributed by atoms with Crippen LogP contribution in [-0.4, -0.2) is 29.0 Å². The van der Waals surface area contributed by atoms with Crippen molar-refractivity contribution < 1.29 is 9.18 Å². The van der Waals surface area contributed by atoms with Crippen molar-refractivity contribution in [3.05, 3.63) is 71.3 Å². The van der Waals surface area contributed by atoms with Gasteiger partial charge in [-0.25, -0.2) is 14.4 Å². The van der Waals surface area contributed by atoms with Gasteiger partial charge in [-0.15, -0.1) is 0 Å². The van der Waals surface area contributed by atoms with Crippen LogP contribution in [0.3, 0.4) is 0 Å². The standard InChI is InChI=1S/C23H22ClFN4O/c1-15-2-7-19(12-20(15)24)28-23(30)17-8-10-29(11-9-17)22-13-21(26-14-27-22)16-3-5-18(25)6-4-16/h2-7,12-14,17H,8-11H2,1H3,(H,28,30). The van der Waals surface area contributed by atoms with Gasteiger partial charge in [-0.05, 0) is 61.7 Å². The topological polar surface area (TPSA) is 58.1 Å². The number of benzene rings is 2. The first kappa shape index (κ1) is 20.3. The van der Waals surface area contributed by atoms with E-state index < -0.39 is 0 Å². The highest BCUT2D eigenvalue weighted by Crippen LogP contribution is 2.27. The lowest BCUT2D eigenvalue weighted by Gasteiger charge is -2.32. The normalized spacial score (nSPS) is 14.6. The van der Waals surface area contributed by atoms with Gasteiger partial charge in [0.15, 0.2) is 0 Å². The van der Waals surface area contributed by atoms with Crippen molar-refractivity contribution >= 4 is 29.0 Å². The molecular weight excluding hydrogens is 403 g/mol. The van der Waals surface area contributed by atoms with Crippen molar-refractivity contribution in [2.24, 2.45) is 5.92 Å². The number of carbonyl (C=O) groups excluding carboxylic acids is 1. The number of anilines is 2. The number of halogens is 2. The highest BCUT2D eigenvalue weighted by atomic mass is 35.5. The van der Waals surface area contributed by atoms with Crippen molar-refractivity contribution in [3.63, 3.8) is 0 Å². The van der Waals surface area contributed by atoms with Gasteiger partial charge in [0.2, 0.25) is 5.91 Å². The number of carbonyl (C=O) groups is 1. The van der Waals surface area contributed by atoms with Crippen LogP contribution in [0.25, 0.3) is 11.3 Å². The third kappa shape index (κ3) is 4.60. The molecule has 2 heterocycles. The van der Waals surface area contributed by atoms with Gasteiger partial charge in [0.1, 0.15) is 18.0 Å². The van der Waals surface area contributed by atoms with Gasteiger partial charge in [0.05, 0.1) is 5.69 Å². The summed E-state index contributed by atoms with van der Waals surface area (Å²) in [6.45, 7) is 3.39. The zero-order valence-corrected chi connectivity index (χ0v) is 17.4. The number of aromatic nitrogens is 2. The molecule has 30 heavy (non-hydrogen) atoms. The first-order chi connectivity index (χ1) is 14.5. The van der Waals surface area contributed by atoms with Crippen molar-refractivity contribution in [2.75, 3.05) is 23.3 Å². The zero-order valence-electron chi connectivity index (χ0n) is 16.6. The third-order valence-electron chi connectivity index (χ3n) is 5.42. The molecule has 0 atom stereocenters. The predicted molar refractivity (Wildman–Crippen MR) is 117 cm³/mol. The average Bonchev–Trinajstić information content (AvgIpc) is 2.77. The number of rotatable bonds is 4. The number of piperidine rings is 1. The number of hydrogen-bond acceptors (Lipinski definition) is 4. The van der Waals surface area contributed by atoms with Crippen LogP contribution in [0.1, 0.15) is 18.4 Å². The minimum atomic E-state index is -0.277. The van der Waals surface area contributed by atoms with Gasteiger partial charge < -0.3 is 10.2 Å². The molecule has 1 aliphatic rings. The molecule has 0 unspecified atom stereocenters. The van der Waals surface area contributed by atoms with E-state index in [2.05, 4.69) is 20.2 Å². The largest absolute Gasteiger partial charge is 0.356 e. The SMILES string of the molecule is Cc1ccc(NC(=O)C2CCN(c3cc(-c4ccc(F)cc4)ncn3)CC2)cc1Cl. The molecular formula is C23H22ClFN4O. The molecule has 0 spiro atoms. The van der Waals surface area contributed by atoms with Gasteiger partial charge in [0, 0.05) is 41.3 Å². The van der Waals surface area contributed by atoms with Gasteiger partial charge in [-0.3, -0.25) is 4.79 Å². The molecule has 1 amide bonds. The van der Waals surface area contributed by atoms with Gasteiger partial charge >= 0.3 is 0 Å². The fourth-order valence-corrected chi connectivity index (χ4v) is 3.76. The monoisotopic (exact) mass is 424 g/mol. The second-order valence-electron chi connectivity index (χ2n) is 7.48. The van der Waals surface area contributed by atoms with Crippen LogP contribution in [-0.2, 0) is 4.79 Å². The lowest BCUT2D eigenvalue weighted by Crippen LogP contribution is -2.38. The van der Waals surface area contributed by atoms with Gasteiger partial charge in [-0.2, -0.15) is 0 Å². The van der Waals surface area contributed by atoms with Crippen LogP contribution in [0, 0.1) is 18.7 Å². The Morgan fingerprint density at radius 3 is 2.53 bits per heavy atom. The quantitative estimate of drug-likeness (QED) is 0.633. The Kier molecular flexibility index (Phi) is 5.95. The molecule has 2 aromatic carbocycles. The second kappa shape index (κ2) is 8.79. The highest BCUT2D eigenvalue weighted by Gasteiger charge is 2.26. The summed E-state index contributed by atoms with van der Waals surface area (Å²) < 4.78 is 13.2. The Balaban J connectivity index is 1.38. The van der Waals surface area contributed by atoms with Crippen molar-refractivity contribution in [2.45, 2.75) is 19.8 Å². The molecule has 0 radical (unpaired) electrons. The lowest BCUT2D eigenvalue weighted by atomic mass is 9.95. The molecule has 7 heteroatoms. The summed E-state index contributed by atoms with van der Waals surface area (Å²) in [5.41, 5.74) is 3.28. The second-order valence-corrected chi connectivity index (χ2v) is 7.89. The van der Waals surface area contributed by atoms with Crippen LogP contribution in [0.2, 0.25) is 5.02 Å². The Morgan fingerprint density at radius 2 is 1.83 bits per heavy atom. The molecule has 4 rings (SSSR count). The maximum absolute atomic E-state index is 13.2. The fourth-order valence-electron chi connectivity index (χ4n) is 3.58. The summed E-state index contributed by atoms with van der Waals surface area (Å²) in [5, 5.41) is 3.61. The van der Waals surface area contributed by atoms with E-state index in [1.807, 2.05) is 25.1 Å². The molecule has 1 aliphatic heterocycles. The summed E-state index contributed by atoms with van der Waals surface area (Å²) in [4.78, 5) is 23.5. The molecule has 1 aromatic heterocycles. The van der Waals surface area contributed by atoms with Crippen LogP contribution in [0.5, 0.6) is 0 Å². The molecule has 0 aliphatic carbocycles. The molecule has 1 fully saturated rings. The number of aryl methyl sites for hydroxylation is 1. The molecule has 0 saturated carbocycles. The van der Waals surface area contributed by atoms with E-state index >= 15 is 0 Å². The highest BCUT2D eigenvalue weighted by molar-refractivity contribution is 6.31. The first-order valence-electron chi connectivity index (χ1n) is 9.89. The summed E-state index contributed by atoms with van der Waals surface area (Å²) in [6.07, 6.45) is 3.00. The van der Waals surface area contributed by atoms with Crippen molar-refractivity contribution in [3.8, 4) is 11.3 Å². The Bertz CT molecular complexity index is 1050. The van der Waals surface area contributed by atoms with Crippen LogP contribution in [0.15, 0.2) is 54.9 Å². The Morgan fingerprint density at radius 1 is 1.10 bits per heavy atom. The van der Waals surface area contributed by atoms with Gasteiger partial charge in [0.25, 0.3) is 0 Å². The average molecular weight is 425 g/mol. The minimum Gasteiger partial charge on any atom is -0.356 e. The van der Waals surface area contributed by atoms with E-state index in [4.69, 9.17) is 11.6 Å². The smallest absolute Gasteiger partial charge is 0.227 e. The maximum Gasteiger partial charge on any atom is 0.227 e. The molecule has 3 aromatic rings. The minimum absolute atomic E-state index is 0.0178. The lowest BCUT2D eigenvalue weighted by molar-refractivity contribution is -0.120. The summed E-state index contributed by atoms with van der Waals surface area (Å²) >= 11 is 6.15. The number of amides is 1. The van der Waals surface area contributed by atoms with E-state index in [-0.39, 0.29) is 17.6 Å². The van der Waals surface area contributed by atoms with E-state index in [1.54, 1.807) is 18.2 Å². The summed E-state index contributed by atoms with van der Waals surface area (Å²) in [5.74, 6) is 0.499. The van der Waals surface area contributed by atoms with Crippen molar-refractivity contribution in [1.29, 1.82) is 0 Å². The third-order valence-corrected chi connectivity index (χ3v) is 5.83. The molecule has 1 N–H and O–H groups in total. The number of hydrogen-bond donors (Lipinski definition) is 1. The van der Waals surface area contributed by atoms with Crippen molar-refractivity contribution in [1.82, 2.24) is 9.97 Å². The Labute approximate surface area is 179 Å². The van der Waals surface area contributed by atoms with Crippen LogP contribution in [0.4, 0.5) is 15.9 Å². The van der Waals surface area contributed by atoms with Crippen LogP contribution >= 0.6 is 11.6 Å². The molecule has 0 bridgehead atoms. The van der Waals surface area contributed by atoms with Crippen LogP contribution < -0.4 is 10.2 Å². The summed E-state index contributed by atoms with van der Waals surface area (Å²) in [7, 11) is 0. The van der Waals surface area contributed by atoms with E-state index in [9.17, 15) is 9.18 Å². The predicted octanol–water partition coefficient (Wildman–Crippen LogP) is 5.10. The molecule has 154 valence electrons. The summed E-state index contributed by atoms with van der Waals surface area (Å²) in [6, 6.07) is 13.7.